The molecule has 1 aliphatic rings. The average molecular weight is 632 g/mol. The molecule has 0 radical (unpaired) electrons. The number of thioether (sulfide) groups is 1. The number of allylic oxidation sites excluding steroid dienone is 1. The van der Waals surface area contributed by atoms with E-state index >= 15 is 0 Å². The van der Waals surface area contributed by atoms with Crippen LogP contribution in [0.4, 0.5) is 0 Å². The van der Waals surface area contributed by atoms with Crippen LogP contribution < -0.4 is 0 Å². The molecule has 226 valence electrons. The molecule has 0 N–H and O–H groups in total. The first kappa shape index (κ1) is 28.4. The second-order valence-electron chi connectivity index (χ2n) is 12.0. The number of aliphatic imine (C=N–C) groups is 1. The molecule has 0 spiro atoms. The predicted octanol–water partition coefficient (Wildman–Crippen LogP) is 11.5. The second-order valence-corrected chi connectivity index (χ2v) is 13.1. The maximum absolute atomic E-state index is 5.33. The molecule has 3 nitrogen and oxygen atoms in total. The van der Waals surface area contributed by atoms with Crippen molar-refractivity contribution in [3.8, 4) is 22.4 Å². The van der Waals surface area contributed by atoms with E-state index in [1.165, 1.54) is 37.9 Å². The Bertz CT molecular complexity index is 2520. The highest BCUT2D eigenvalue weighted by Crippen LogP contribution is 2.45. The molecule has 1 unspecified atom stereocenters. The molecule has 8 aromatic rings. The van der Waals surface area contributed by atoms with Crippen molar-refractivity contribution < 1.29 is 0 Å². The minimum absolute atomic E-state index is 0.0233. The highest BCUT2D eigenvalue weighted by Gasteiger charge is 2.22. The zero-order valence-electron chi connectivity index (χ0n) is 26.0. The monoisotopic (exact) mass is 631 g/mol. The molecule has 0 amide bonds. The smallest absolute Gasteiger partial charge is 0.125 e. The van der Waals surface area contributed by atoms with Crippen molar-refractivity contribution >= 4 is 55.0 Å². The van der Waals surface area contributed by atoms with E-state index in [4.69, 9.17) is 9.98 Å². The molecule has 3 heterocycles. The van der Waals surface area contributed by atoms with Crippen LogP contribution in [0.5, 0.6) is 0 Å². The summed E-state index contributed by atoms with van der Waals surface area (Å²) in [6.45, 7) is 0. The lowest BCUT2D eigenvalue weighted by molar-refractivity contribution is 1.04. The Morgan fingerprint density at radius 1 is 0.479 bits per heavy atom. The van der Waals surface area contributed by atoms with E-state index < -0.39 is 0 Å². The molecule has 1 aliphatic heterocycles. The fraction of sp³-hybridized carbons (Fsp3) is 0.0227. The van der Waals surface area contributed by atoms with Crippen LogP contribution in [0.1, 0.15) is 22.1 Å². The van der Waals surface area contributed by atoms with Gasteiger partial charge in [-0.25, -0.2) is 4.98 Å². The molecule has 6 aromatic carbocycles. The zero-order valence-corrected chi connectivity index (χ0v) is 26.8. The summed E-state index contributed by atoms with van der Waals surface area (Å²) in [4.78, 5) is 16.2. The van der Waals surface area contributed by atoms with E-state index in [0.717, 1.165) is 44.3 Å². The summed E-state index contributed by atoms with van der Waals surface area (Å²) in [5, 5.41) is 4.56. The molecule has 48 heavy (non-hydrogen) atoms. The van der Waals surface area contributed by atoms with Crippen LogP contribution >= 0.6 is 11.8 Å². The molecule has 9 rings (SSSR count). The second kappa shape index (κ2) is 12.1. The normalized spacial score (nSPS) is 14.6. The highest BCUT2D eigenvalue weighted by molar-refractivity contribution is 8.08. The van der Waals surface area contributed by atoms with Crippen LogP contribution in [0, 0.1) is 0 Å². The SMILES string of the molecule is C1=C(c2ccccc2)SC(c2ccccc2)N=C1c1ccc(-c2ccc(-c3ccc4ccc5cccnc5c4n3)cc2)c2ccccc12. The van der Waals surface area contributed by atoms with Crippen molar-refractivity contribution in [1.29, 1.82) is 0 Å². The van der Waals surface area contributed by atoms with Gasteiger partial charge in [0.15, 0.2) is 0 Å². The quantitative estimate of drug-likeness (QED) is 0.177. The Balaban J connectivity index is 1.11. The molecule has 2 aromatic heterocycles. The lowest BCUT2D eigenvalue weighted by Crippen LogP contribution is -2.07. The van der Waals surface area contributed by atoms with Crippen LogP contribution in [0.3, 0.4) is 0 Å². The lowest BCUT2D eigenvalue weighted by Gasteiger charge is -2.23. The summed E-state index contributed by atoms with van der Waals surface area (Å²) in [5.74, 6) is 0. The summed E-state index contributed by atoms with van der Waals surface area (Å²) in [6, 6.07) is 55.7. The maximum atomic E-state index is 5.33. The Kier molecular flexibility index (Phi) is 7.14. The first-order chi connectivity index (χ1) is 23.8. The van der Waals surface area contributed by atoms with E-state index in [-0.39, 0.29) is 5.37 Å². The molecule has 0 saturated heterocycles. The number of rotatable bonds is 5. The molecular formula is C44H29N3S. The largest absolute Gasteiger partial charge is 0.265 e. The summed E-state index contributed by atoms with van der Waals surface area (Å²) >= 11 is 1.81. The first-order valence-corrected chi connectivity index (χ1v) is 17.0. The molecule has 0 fully saturated rings. The number of nitrogens with zero attached hydrogens (tertiary/aromatic N) is 3. The lowest BCUT2D eigenvalue weighted by atomic mass is 9.92. The third-order valence-corrected chi connectivity index (χ3v) is 10.2. The minimum atomic E-state index is -0.0233. The minimum Gasteiger partial charge on any atom is -0.265 e. The Labute approximate surface area is 283 Å². The van der Waals surface area contributed by atoms with Crippen molar-refractivity contribution in [3.63, 3.8) is 0 Å². The van der Waals surface area contributed by atoms with Gasteiger partial charge in [-0.2, -0.15) is 0 Å². The van der Waals surface area contributed by atoms with Crippen molar-refractivity contribution in [3.05, 3.63) is 187 Å². The summed E-state index contributed by atoms with van der Waals surface area (Å²) < 4.78 is 0. The van der Waals surface area contributed by atoms with Crippen LogP contribution in [-0.2, 0) is 0 Å². The molecule has 1 atom stereocenters. The van der Waals surface area contributed by atoms with E-state index in [2.05, 4.69) is 163 Å². The molecule has 0 aliphatic carbocycles. The average Bonchev–Trinajstić information content (AvgIpc) is 3.18. The van der Waals surface area contributed by atoms with E-state index in [1.807, 2.05) is 12.3 Å². The van der Waals surface area contributed by atoms with E-state index in [1.54, 1.807) is 11.8 Å². The standard InChI is InChI=1S/C44H29N3S/c1-3-10-31(11-4-1)41-28-40(47-44(48-41)34-12-5-2-6-13-34)38-25-24-35(36-15-7-8-16-37(36)38)29-17-19-30(20-18-29)39-26-23-33-22-21-32-14-9-27-45-42(32)43(33)46-39/h1-28,44H. The van der Waals surface area contributed by atoms with Gasteiger partial charge < -0.3 is 0 Å². The summed E-state index contributed by atoms with van der Waals surface area (Å²) in [6.07, 6.45) is 4.09. The third kappa shape index (κ3) is 5.17. The van der Waals surface area contributed by atoms with Gasteiger partial charge in [0.05, 0.1) is 22.4 Å². The van der Waals surface area contributed by atoms with Crippen LogP contribution in [0.15, 0.2) is 175 Å². The third-order valence-electron chi connectivity index (χ3n) is 9.03. The number of fused-ring (bicyclic) bond motifs is 4. The molecule has 0 saturated carbocycles. The number of pyridine rings is 2. The van der Waals surface area contributed by atoms with Gasteiger partial charge in [0.2, 0.25) is 0 Å². The summed E-state index contributed by atoms with van der Waals surface area (Å²) in [7, 11) is 0. The van der Waals surface area contributed by atoms with Gasteiger partial charge in [-0.05, 0) is 51.2 Å². The molecular weight excluding hydrogens is 603 g/mol. The van der Waals surface area contributed by atoms with Crippen LogP contribution in [-0.4, -0.2) is 15.7 Å². The Hall–Kier alpha value is -5.84. The Morgan fingerprint density at radius 3 is 1.92 bits per heavy atom. The van der Waals surface area contributed by atoms with Crippen molar-refractivity contribution in [2.45, 2.75) is 5.37 Å². The Morgan fingerprint density at radius 2 is 1.12 bits per heavy atom. The predicted molar refractivity (Wildman–Crippen MR) is 203 cm³/mol. The van der Waals surface area contributed by atoms with Gasteiger partial charge >= 0.3 is 0 Å². The maximum Gasteiger partial charge on any atom is 0.125 e. The number of hydrogen-bond donors (Lipinski definition) is 0. The fourth-order valence-electron chi connectivity index (χ4n) is 6.61. The van der Waals surface area contributed by atoms with Crippen molar-refractivity contribution in [1.82, 2.24) is 9.97 Å². The van der Waals surface area contributed by atoms with Crippen LogP contribution in [0.25, 0.3) is 59.9 Å². The van der Waals surface area contributed by atoms with Crippen molar-refractivity contribution in [2.24, 2.45) is 4.99 Å². The van der Waals surface area contributed by atoms with Gasteiger partial charge in [-0.3, -0.25) is 9.98 Å². The fourth-order valence-corrected chi connectivity index (χ4v) is 7.76. The number of aromatic nitrogens is 2. The topological polar surface area (TPSA) is 38.1 Å². The number of hydrogen-bond acceptors (Lipinski definition) is 4. The van der Waals surface area contributed by atoms with Crippen LogP contribution in [0.2, 0.25) is 0 Å². The highest BCUT2D eigenvalue weighted by atomic mass is 32.2. The van der Waals surface area contributed by atoms with Gasteiger partial charge in [0.1, 0.15) is 5.37 Å². The van der Waals surface area contributed by atoms with Gasteiger partial charge in [0, 0.05) is 33.0 Å². The molecule has 0 bridgehead atoms. The van der Waals surface area contributed by atoms with Gasteiger partial charge in [0.25, 0.3) is 0 Å². The molecule has 4 heteroatoms. The number of benzene rings is 6. The van der Waals surface area contributed by atoms with E-state index in [9.17, 15) is 0 Å². The van der Waals surface area contributed by atoms with Crippen molar-refractivity contribution in [2.75, 3.05) is 0 Å². The van der Waals surface area contributed by atoms with Gasteiger partial charge in [-0.15, -0.1) is 0 Å². The first-order valence-electron chi connectivity index (χ1n) is 16.1. The zero-order chi connectivity index (χ0) is 31.9. The van der Waals surface area contributed by atoms with E-state index in [0.29, 0.717) is 0 Å². The van der Waals surface area contributed by atoms with Gasteiger partial charge in [-0.1, -0.05) is 157 Å². The summed E-state index contributed by atoms with van der Waals surface area (Å²) in [5.41, 5.74) is 10.8.